The highest BCUT2D eigenvalue weighted by Crippen LogP contribution is 2.38. The molecule has 3 rings (SSSR count). The maximum Gasteiger partial charge on any atom is 0.347 e. The van der Waals surface area contributed by atoms with Crippen molar-refractivity contribution in [2.24, 2.45) is 0 Å². The number of aryl methyl sites for hydroxylation is 1. The first-order chi connectivity index (χ1) is 14.2. The van der Waals surface area contributed by atoms with Crippen LogP contribution in [0.15, 0.2) is 42.5 Å². The molecule has 5 heteroatoms. The number of unbranched alkanes of at least 4 members (excludes halogenated alkanes) is 3. The number of aromatic nitrogens is 1. The summed E-state index contributed by atoms with van der Waals surface area (Å²) in [6, 6.07) is 13.7. The molecule has 4 nitrogen and oxygen atoms in total. The van der Waals surface area contributed by atoms with Gasteiger partial charge < -0.3 is 14.4 Å². The van der Waals surface area contributed by atoms with E-state index in [1.54, 1.807) is 13.8 Å². The van der Waals surface area contributed by atoms with Crippen LogP contribution in [0.25, 0.3) is 22.0 Å². The van der Waals surface area contributed by atoms with Crippen LogP contribution >= 0.6 is 11.6 Å². The second-order valence-electron chi connectivity index (χ2n) is 8.28. The maximum absolute atomic E-state index is 11.5. The van der Waals surface area contributed by atoms with Gasteiger partial charge in [-0.15, -0.1) is 0 Å². The second kappa shape index (κ2) is 9.13. The van der Waals surface area contributed by atoms with Crippen LogP contribution in [0.5, 0.6) is 5.75 Å². The minimum Gasteiger partial charge on any atom is -0.478 e. The Labute approximate surface area is 183 Å². The summed E-state index contributed by atoms with van der Waals surface area (Å²) >= 11 is 6.11. The summed E-state index contributed by atoms with van der Waals surface area (Å²) in [6.07, 6.45) is 4.79. The first-order valence-corrected chi connectivity index (χ1v) is 10.9. The number of fused-ring (bicyclic) bond motifs is 1. The predicted molar refractivity (Wildman–Crippen MR) is 124 cm³/mol. The molecule has 0 fully saturated rings. The summed E-state index contributed by atoms with van der Waals surface area (Å²) in [6.45, 7) is 8.44. The first-order valence-electron chi connectivity index (χ1n) is 10.6. The highest BCUT2D eigenvalue weighted by Gasteiger charge is 2.29. The van der Waals surface area contributed by atoms with Gasteiger partial charge in [0.25, 0.3) is 0 Å². The first kappa shape index (κ1) is 22.2. The van der Waals surface area contributed by atoms with Crippen molar-refractivity contribution in [3.63, 3.8) is 0 Å². The lowest BCUT2D eigenvalue weighted by molar-refractivity contribution is -0.152. The van der Waals surface area contributed by atoms with Crippen molar-refractivity contribution in [2.75, 3.05) is 0 Å². The van der Waals surface area contributed by atoms with Crippen molar-refractivity contribution in [3.8, 4) is 16.9 Å². The molecule has 30 heavy (non-hydrogen) atoms. The molecule has 0 atom stereocenters. The average Bonchev–Trinajstić information content (AvgIpc) is 2.96. The van der Waals surface area contributed by atoms with Crippen LogP contribution in [0.3, 0.4) is 0 Å². The molecule has 0 unspecified atom stereocenters. The summed E-state index contributed by atoms with van der Waals surface area (Å²) in [5.74, 6) is -0.446. The van der Waals surface area contributed by atoms with Gasteiger partial charge in [0.1, 0.15) is 5.75 Å². The number of rotatable bonds is 9. The van der Waals surface area contributed by atoms with Crippen LogP contribution < -0.4 is 4.74 Å². The molecule has 3 aromatic rings. The van der Waals surface area contributed by atoms with Gasteiger partial charge in [-0.25, -0.2) is 4.79 Å². The Balaban J connectivity index is 2.10. The molecular weight excluding hydrogens is 398 g/mol. The van der Waals surface area contributed by atoms with Gasteiger partial charge in [-0.1, -0.05) is 49.9 Å². The largest absolute Gasteiger partial charge is 0.478 e. The van der Waals surface area contributed by atoms with Gasteiger partial charge >= 0.3 is 5.97 Å². The molecule has 0 radical (unpaired) electrons. The number of benzene rings is 2. The van der Waals surface area contributed by atoms with Crippen LogP contribution in [-0.2, 0) is 11.3 Å². The maximum atomic E-state index is 11.5. The molecular formula is C25H30ClNO3. The van der Waals surface area contributed by atoms with E-state index < -0.39 is 11.6 Å². The highest BCUT2D eigenvalue weighted by molar-refractivity contribution is 6.30. The van der Waals surface area contributed by atoms with Crippen molar-refractivity contribution in [2.45, 2.75) is 65.5 Å². The number of hydrogen-bond donors (Lipinski definition) is 1. The summed E-state index contributed by atoms with van der Waals surface area (Å²) in [5, 5.41) is 11.2. The number of carboxylic acids is 1. The molecule has 0 bridgehead atoms. The summed E-state index contributed by atoms with van der Waals surface area (Å²) < 4.78 is 8.18. The molecule has 1 heterocycles. The highest BCUT2D eigenvalue weighted by atomic mass is 35.5. The number of carbonyl (C=O) groups is 1. The van der Waals surface area contributed by atoms with E-state index in [0.29, 0.717) is 10.8 Å². The number of halogens is 1. The van der Waals surface area contributed by atoms with Gasteiger partial charge in [-0.05, 0) is 63.1 Å². The fraction of sp³-hybridized carbons (Fsp3) is 0.400. The zero-order valence-corrected chi connectivity index (χ0v) is 18.9. The quantitative estimate of drug-likeness (QED) is 0.371. The molecule has 0 spiro atoms. The number of hydrogen-bond acceptors (Lipinski definition) is 2. The van der Waals surface area contributed by atoms with Gasteiger partial charge in [-0.3, -0.25) is 0 Å². The zero-order valence-electron chi connectivity index (χ0n) is 18.2. The molecule has 0 saturated heterocycles. The Hall–Kier alpha value is -2.46. The molecule has 0 aliphatic carbocycles. The average molecular weight is 428 g/mol. The molecule has 0 saturated carbocycles. The van der Waals surface area contributed by atoms with Crippen LogP contribution in [0.2, 0.25) is 5.02 Å². The minimum atomic E-state index is -1.30. The third kappa shape index (κ3) is 4.65. The van der Waals surface area contributed by atoms with Crippen LogP contribution in [0.4, 0.5) is 0 Å². The number of ether oxygens (including phenoxy) is 1. The molecule has 2 aromatic carbocycles. The molecule has 160 valence electrons. The Kier molecular flexibility index (Phi) is 6.77. The monoisotopic (exact) mass is 427 g/mol. The Morgan fingerprint density at radius 3 is 2.43 bits per heavy atom. The van der Waals surface area contributed by atoms with E-state index in [9.17, 15) is 9.90 Å². The van der Waals surface area contributed by atoms with Gasteiger partial charge in [-0.2, -0.15) is 0 Å². The SMILES string of the molecule is CCCCCCn1c(C)c(-c2ccc(Cl)cc2)c2cc(OC(C)(C)C(=O)O)ccc21. The Morgan fingerprint density at radius 1 is 1.10 bits per heavy atom. The van der Waals surface area contributed by atoms with Crippen molar-refractivity contribution in [1.82, 2.24) is 4.57 Å². The van der Waals surface area contributed by atoms with E-state index in [-0.39, 0.29) is 0 Å². The minimum absolute atomic E-state index is 0.549. The number of aliphatic carboxylic acids is 1. The number of carboxylic acid groups (broad SMARTS) is 1. The van der Waals surface area contributed by atoms with Crippen molar-refractivity contribution < 1.29 is 14.6 Å². The fourth-order valence-electron chi connectivity index (χ4n) is 3.83. The van der Waals surface area contributed by atoms with Crippen LogP contribution in [0, 0.1) is 6.92 Å². The van der Waals surface area contributed by atoms with Gasteiger partial charge in [0.15, 0.2) is 5.60 Å². The van der Waals surface area contributed by atoms with Crippen molar-refractivity contribution in [3.05, 3.63) is 53.2 Å². The molecule has 1 aromatic heterocycles. The summed E-state index contributed by atoms with van der Waals surface area (Å²) in [5.41, 5.74) is 3.25. The lowest BCUT2D eigenvalue weighted by Crippen LogP contribution is -2.37. The fourth-order valence-corrected chi connectivity index (χ4v) is 3.95. The van der Waals surface area contributed by atoms with E-state index in [4.69, 9.17) is 16.3 Å². The predicted octanol–water partition coefficient (Wildman–Crippen LogP) is 7.09. The lowest BCUT2D eigenvalue weighted by atomic mass is 10.0. The third-order valence-corrected chi connectivity index (χ3v) is 5.80. The number of nitrogens with zero attached hydrogens (tertiary/aromatic N) is 1. The zero-order chi connectivity index (χ0) is 21.9. The molecule has 1 N–H and O–H groups in total. The van der Waals surface area contributed by atoms with Gasteiger partial charge in [0.2, 0.25) is 0 Å². The van der Waals surface area contributed by atoms with Crippen LogP contribution in [-0.4, -0.2) is 21.2 Å². The van der Waals surface area contributed by atoms with E-state index in [2.05, 4.69) is 18.4 Å². The van der Waals surface area contributed by atoms with E-state index >= 15 is 0 Å². The standard InChI is InChI=1S/C25H30ClNO3/c1-5-6-7-8-15-27-17(2)23(18-9-11-19(26)12-10-18)21-16-20(13-14-22(21)27)30-25(3,4)24(28)29/h9-14,16H,5-8,15H2,1-4H3,(H,28,29). The second-order valence-corrected chi connectivity index (χ2v) is 8.71. The normalized spacial score (nSPS) is 11.8. The Bertz CT molecular complexity index is 1030. The van der Waals surface area contributed by atoms with E-state index in [1.807, 2.05) is 42.5 Å². The van der Waals surface area contributed by atoms with Crippen molar-refractivity contribution >= 4 is 28.5 Å². The molecule has 0 aliphatic rings. The smallest absolute Gasteiger partial charge is 0.347 e. The van der Waals surface area contributed by atoms with Gasteiger partial charge in [0, 0.05) is 33.7 Å². The van der Waals surface area contributed by atoms with Crippen molar-refractivity contribution in [1.29, 1.82) is 0 Å². The topological polar surface area (TPSA) is 51.5 Å². The van der Waals surface area contributed by atoms with E-state index in [0.717, 1.165) is 35.0 Å². The van der Waals surface area contributed by atoms with Gasteiger partial charge in [0.05, 0.1) is 0 Å². The lowest BCUT2D eigenvalue weighted by Gasteiger charge is -2.21. The molecule has 0 aliphatic heterocycles. The molecule has 0 amide bonds. The third-order valence-electron chi connectivity index (χ3n) is 5.55. The van der Waals surface area contributed by atoms with E-state index in [1.165, 1.54) is 25.0 Å². The van der Waals surface area contributed by atoms with Crippen LogP contribution in [0.1, 0.15) is 52.1 Å². The summed E-state index contributed by atoms with van der Waals surface area (Å²) in [7, 11) is 0. The Morgan fingerprint density at radius 2 is 1.80 bits per heavy atom. The summed E-state index contributed by atoms with van der Waals surface area (Å²) in [4.78, 5) is 11.5.